The summed E-state index contributed by atoms with van der Waals surface area (Å²) in [5.74, 6) is 0.938. The molecule has 3 rings (SSSR count). The van der Waals surface area contributed by atoms with Gasteiger partial charge in [0.1, 0.15) is 0 Å². The summed E-state index contributed by atoms with van der Waals surface area (Å²) >= 11 is 12.5. The van der Waals surface area contributed by atoms with Crippen molar-refractivity contribution in [3.8, 4) is 0 Å². The van der Waals surface area contributed by atoms with Gasteiger partial charge >= 0.3 is 0 Å². The fourth-order valence-electron chi connectivity index (χ4n) is 4.47. The maximum Gasteiger partial charge on any atom is 0.234 e. The van der Waals surface area contributed by atoms with E-state index in [1.54, 1.807) is 0 Å². The van der Waals surface area contributed by atoms with Crippen LogP contribution >= 0.6 is 23.2 Å². The van der Waals surface area contributed by atoms with Gasteiger partial charge in [0, 0.05) is 32.2 Å². The Morgan fingerprint density at radius 2 is 1.79 bits per heavy atom. The van der Waals surface area contributed by atoms with Gasteiger partial charge in [0.25, 0.3) is 0 Å². The van der Waals surface area contributed by atoms with Crippen molar-refractivity contribution >= 4 is 34.8 Å². The third-order valence-corrected chi connectivity index (χ3v) is 6.98. The molecule has 0 bridgehead atoms. The van der Waals surface area contributed by atoms with E-state index in [0.29, 0.717) is 22.6 Å². The number of hydrogen-bond donors (Lipinski definition) is 1. The number of piperazine rings is 1. The molecule has 29 heavy (non-hydrogen) atoms. The van der Waals surface area contributed by atoms with Crippen molar-refractivity contribution in [2.24, 2.45) is 5.92 Å². The molecular formula is C22H34Cl2N4O. The fourth-order valence-corrected chi connectivity index (χ4v) is 4.89. The van der Waals surface area contributed by atoms with Gasteiger partial charge in [-0.05, 0) is 70.8 Å². The molecular weight excluding hydrogens is 407 g/mol. The zero-order valence-electron chi connectivity index (χ0n) is 17.7. The van der Waals surface area contributed by atoms with Crippen molar-refractivity contribution in [3.05, 3.63) is 28.2 Å². The van der Waals surface area contributed by atoms with Gasteiger partial charge in [-0.15, -0.1) is 0 Å². The van der Waals surface area contributed by atoms with E-state index in [2.05, 4.69) is 21.2 Å². The highest BCUT2D eigenvalue weighted by Crippen LogP contribution is 2.33. The number of nitrogens with one attached hydrogen (secondary N) is 1. The van der Waals surface area contributed by atoms with Gasteiger partial charge in [-0.2, -0.15) is 0 Å². The molecule has 0 spiro atoms. The SMILES string of the molecule is CN(C)CC(=O)N[C@H]1CC[C@H](CCN2CCN(c3cccc(Cl)c3Cl)CC2)CC1. The van der Waals surface area contributed by atoms with E-state index in [-0.39, 0.29) is 5.91 Å². The van der Waals surface area contributed by atoms with E-state index in [1.165, 1.54) is 25.8 Å². The molecule has 1 N–H and O–H groups in total. The smallest absolute Gasteiger partial charge is 0.234 e. The molecule has 0 aromatic heterocycles. The lowest BCUT2D eigenvalue weighted by atomic mass is 9.84. The first kappa shape index (κ1) is 22.7. The first-order valence-electron chi connectivity index (χ1n) is 10.8. The minimum Gasteiger partial charge on any atom is -0.368 e. The average Bonchev–Trinajstić information content (AvgIpc) is 2.69. The van der Waals surface area contributed by atoms with Crippen LogP contribution in [0.1, 0.15) is 32.1 Å². The van der Waals surface area contributed by atoms with Gasteiger partial charge in [-0.3, -0.25) is 9.69 Å². The molecule has 1 saturated heterocycles. The third-order valence-electron chi connectivity index (χ3n) is 6.17. The van der Waals surface area contributed by atoms with Crippen LogP contribution in [-0.4, -0.2) is 75.1 Å². The minimum atomic E-state index is 0.149. The molecule has 1 aliphatic carbocycles. The lowest BCUT2D eigenvalue weighted by molar-refractivity contribution is -0.122. The predicted octanol–water partition coefficient (Wildman–Crippen LogP) is 3.74. The summed E-state index contributed by atoms with van der Waals surface area (Å²) in [5.41, 5.74) is 1.05. The first-order valence-corrected chi connectivity index (χ1v) is 11.5. The number of halogens is 2. The van der Waals surface area contributed by atoms with Crippen LogP contribution in [-0.2, 0) is 4.79 Å². The van der Waals surface area contributed by atoms with Gasteiger partial charge < -0.3 is 15.1 Å². The first-order chi connectivity index (χ1) is 13.9. The van der Waals surface area contributed by atoms with Crippen LogP contribution < -0.4 is 10.2 Å². The fraction of sp³-hybridized carbons (Fsp3) is 0.682. The zero-order valence-corrected chi connectivity index (χ0v) is 19.2. The molecule has 1 heterocycles. The topological polar surface area (TPSA) is 38.8 Å². The number of carbonyl (C=O) groups is 1. The van der Waals surface area contributed by atoms with Crippen LogP contribution in [0.3, 0.4) is 0 Å². The molecule has 7 heteroatoms. The van der Waals surface area contributed by atoms with E-state index in [4.69, 9.17) is 23.2 Å². The summed E-state index contributed by atoms with van der Waals surface area (Å²) in [6.07, 6.45) is 5.95. The van der Waals surface area contributed by atoms with Gasteiger partial charge in [0.2, 0.25) is 5.91 Å². The number of anilines is 1. The largest absolute Gasteiger partial charge is 0.368 e. The number of nitrogens with zero attached hydrogens (tertiary/aromatic N) is 3. The Bertz CT molecular complexity index is 669. The summed E-state index contributed by atoms with van der Waals surface area (Å²) in [6, 6.07) is 6.23. The van der Waals surface area contributed by atoms with Crippen LogP contribution in [0.4, 0.5) is 5.69 Å². The zero-order chi connectivity index (χ0) is 20.8. The van der Waals surface area contributed by atoms with Crippen LogP contribution in [0.15, 0.2) is 18.2 Å². The lowest BCUT2D eigenvalue weighted by Gasteiger charge is -2.37. The number of benzene rings is 1. The second-order valence-electron chi connectivity index (χ2n) is 8.71. The standard InChI is InChI=1S/C22H34Cl2N4O/c1-26(2)16-21(29)25-18-8-6-17(7-9-18)10-11-27-12-14-28(15-13-27)20-5-3-4-19(23)22(20)24/h3-5,17-18H,6-16H2,1-2H3,(H,25,29)/t17-,18-. The van der Waals surface area contributed by atoms with Gasteiger partial charge in [0.05, 0.1) is 22.3 Å². The van der Waals surface area contributed by atoms with E-state index in [9.17, 15) is 4.79 Å². The van der Waals surface area contributed by atoms with Gasteiger partial charge in [-0.1, -0.05) is 29.3 Å². The van der Waals surface area contributed by atoms with Crippen molar-refractivity contribution in [1.29, 1.82) is 0 Å². The Morgan fingerprint density at radius 3 is 2.45 bits per heavy atom. The van der Waals surface area contributed by atoms with Crippen LogP contribution in [0.25, 0.3) is 0 Å². The van der Waals surface area contributed by atoms with Gasteiger partial charge in [-0.25, -0.2) is 0 Å². The monoisotopic (exact) mass is 440 g/mol. The van der Waals surface area contributed by atoms with Crippen molar-refractivity contribution < 1.29 is 4.79 Å². The summed E-state index contributed by atoms with van der Waals surface area (Å²) in [5, 5.41) is 4.48. The Balaban J connectivity index is 1.34. The lowest BCUT2D eigenvalue weighted by Crippen LogP contribution is -2.47. The molecule has 0 radical (unpaired) electrons. The van der Waals surface area contributed by atoms with E-state index in [0.717, 1.165) is 50.6 Å². The summed E-state index contributed by atoms with van der Waals surface area (Å²) < 4.78 is 0. The molecule has 0 atom stereocenters. The van der Waals surface area contributed by atoms with E-state index >= 15 is 0 Å². The molecule has 2 aliphatic rings. The molecule has 1 aromatic rings. The summed E-state index contributed by atoms with van der Waals surface area (Å²) in [6.45, 7) is 5.76. The Hall–Kier alpha value is -1.01. The Morgan fingerprint density at radius 1 is 1.10 bits per heavy atom. The maximum atomic E-state index is 11.9. The second kappa shape index (κ2) is 10.9. The second-order valence-corrected chi connectivity index (χ2v) is 9.50. The number of amides is 1. The van der Waals surface area contributed by atoms with Crippen LogP contribution in [0, 0.1) is 5.92 Å². The third kappa shape index (κ3) is 6.74. The highest BCUT2D eigenvalue weighted by Gasteiger charge is 2.24. The average molecular weight is 441 g/mol. The number of hydrogen-bond acceptors (Lipinski definition) is 4. The molecule has 1 saturated carbocycles. The van der Waals surface area contributed by atoms with E-state index < -0.39 is 0 Å². The highest BCUT2D eigenvalue weighted by molar-refractivity contribution is 6.43. The molecule has 1 aromatic carbocycles. The van der Waals surface area contributed by atoms with Crippen LogP contribution in [0.2, 0.25) is 10.0 Å². The van der Waals surface area contributed by atoms with Crippen LogP contribution in [0.5, 0.6) is 0 Å². The Labute approximate surface area is 185 Å². The summed E-state index contributed by atoms with van der Waals surface area (Å²) in [7, 11) is 3.86. The van der Waals surface area contributed by atoms with Crippen molar-refractivity contribution in [2.75, 3.05) is 58.3 Å². The number of rotatable bonds is 7. The molecule has 162 valence electrons. The number of likely N-dealkylation sites (N-methyl/N-ethyl adjacent to an activating group) is 1. The highest BCUT2D eigenvalue weighted by atomic mass is 35.5. The van der Waals surface area contributed by atoms with Crippen molar-refractivity contribution in [2.45, 2.75) is 38.1 Å². The molecule has 2 fully saturated rings. The minimum absolute atomic E-state index is 0.149. The molecule has 1 aliphatic heterocycles. The Kier molecular flexibility index (Phi) is 8.48. The quantitative estimate of drug-likeness (QED) is 0.700. The van der Waals surface area contributed by atoms with E-state index in [1.807, 2.05) is 31.1 Å². The predicted molar refractivity (Wildman–Crippen MR) is 122 cm³/mol. The summed E-state index contributed by atoms with van der Waals surface area (Å²) in [4.78, 5) is 18.8. The molecule has 1 amide bonds. The number of carbonyl (C=O) groups excluding carboxylic acids is 1. The molecule has 5 nitrogen and oxygen atoms in total. The maximum absolute atomic E-state index is 11.9. The normalized spacial score (nSPS) is 23.4. The van der Waals surface area contributed by atoms with Crippen molar-refractivity contribution in [3.63, 3.8) is 0 Å². The van der Waals surface area contributed by atoms with Crippen molar-refractivity contribution in [1.82, 2.24) is 15.1 Å². The van der Waals surface area contributed by atoms with Gasteiger partial charge in [0.15, 0.2) is 0 Å². The molecule has 0 unspecified atom stereocenters.